The van der Waals surface area contributed by atoms with Gasteiger partial charge in [0.15, 0.2) is 11.5 Å². The molecule has 0 radical (unpaired) electrons. The highest BCUT2D eigenvalue weighted by atomic mass is 16.5. The fourth-order valence-electron chi connectivity index (χ4n) is 4.20. The van der Waals surface area contributed by atoms with Gasteiger partial charge in [-0.3, -0.25) is 0 Å². The topological polar surface area (TPSA) is 74.3 Å². The van der Waals surface area contributed by atoms with E-state index in [0.717, 1.165) is 38.8 Å². The standard InChI is InChI=1S/C22H33N3O4/c1-3-14-28-20-6-4-5-7-21(20)29-16-19(26)15-24(2)17-8-10-18(11-9-17)25-13-12-23-22(25)27/h3-7,17-19,26H,1,8-16H2,2H3,(H,23,27). The van der Waals surface area contributed by atoms with Crippen LogP contribution in [-0.4, -0.2) is 79.0 Å². The Kier molecular flexibility index (Phi) is 7.77. The van der Waals surface area contributed by atoms with Gasteiger partial charge in [0.05, 0.1) is 0 Å². The van der Waals surface area contributed by atoms with E-state index in [2.05, 4.69) is 23.8 Å². The van der Waals surface area contributed by atoms with Crippen LogP contribution in [0.1, 0.15) is 25.7 Å². The summed E-state index contributed by atoms with van der Waals surface area (Å²) in [5, 5.41) is 13.3. The summed E-state index contributed by atoms with van der Waals surface area (Å²) in [6.07, 6.45) is 5.21. The number of likely N-dealkylation sites (N-methyl/N-ethyl adjacent to an activating group) is 1. The van der Waals surface area contributed by atoms with E-state index < -0.39 is 6.10 Å². The zero-order valence-corrected chi connectivity index (χ0v) is 17.3. The number of amides is 2. The summed E-state index contributed by atoms with van der Waals surface area (Å²) in [5.41, 5.74) is 0. The Balaban J connectivity index is 1.41. The van der Waals surface area contributed by atoms with E-state index in [9.17, 15) is 9.90 Å². The normalized spacial score (nSPS) is 23.0. The molecular weight excluding hydrogens is 370 g/mol. The Bertz CT molecular complexity index is 676. The number of hydrogen-bond donors (Lipinski definition) is 2. The molecule has 7 nitrogen and oxygen atoms in total. The second-order valence-electron chi connectivity index (χ2n) is 7.84. The van der Waals surface area contributed by atoms with Gasteiger partial charge < -0.3 is 29.7 Å². The van der Waals surface area contributed by atoms with E-state index in [4.69, 9.17) is 9.47 Å². The molecule has 3 rings (SSSR count). The van der Waals surface area contributed by atoms with Gasteiger partial charge in [0.25, 0.3) is 0 Å². The lowest BCUT2D eigenvalue weighted by Gasteiger charge is -2.38. The Morgan fingerprint density at radius 3 is 2.59 bits per heavy atom. The fourth-order valence-corrected chi connectivity index (χ4v) is 4.20. The molecule has 7 heteroatoms. The molecule has 2 aliphatic rings. The highest BCUT2D eigenvalue weighted by molar-refractivity contribution is 5.76. The van der Waals surface area contributed by atoms with Crippen LogP contribution in [0.4, 0.5) is 4.79 Å². The van der Waals surface area contributed by atoms with Crippen LogP contribution >= 0.6 is 0 Å². The highest BCUT2D eigenvalue weighted by Crippen LogP contribution is 2.28. The molecule has 1 aliphatic heterocycles. The first-order chi connectivity index (χ1) is 14.1. The Labute approximate surface area is 173 Å². The summed E-state index contributed by atoms with van der Waals surface area (Å²) >= 11 is 0. The van der Waals surface area contributed by atoms with Crippen molar-refractivity contribution >= 4 is 6.03 Å². The third-order valence-electron chi connectivity index (χ3n) is 5.76. The van der Waals surface area contributed by atoms with Crippen molar-refractivity contribution in [1.29, 1.82) is 0 Å². The Hall–Kier alpha value is -2.25. The minimum absolute atomic E-state index is 0.0757. The van der Waals surface area contributed by atoms with Crippen LogP contribution in [0.25, 0.3) is 0 Å². The number of ether oxygens (including phenoxy) is 2. The summed E-state index contributed by atoms with van der Waals surface area (Å²) in [4.78, 5) is 16.0. The lowest BCUT2D eigenvalue weighted by molar-refractivity contribution is 0.0494. The van der Waals surface area contributed by atoms with E-state index in [-0.39, 0.29) is 12.6 Å². The number of aliphatic hydroxyl groups is 1. The van der Waals surface area contributed by atoms with Crippen molar-refractivity contribution in [2.45, 2.75) is 43.9 Å². The molecule has 1 atom stereocenters. The van der Waals surface area contributed by atoms with Gasteiger partial charge in [0.2, 0.25) is 0 Å². The predicted octanol–water partition coefficient (Wildman–Crippen LogP) is 2.26. The summed E-state index contributed by atoms with van der Waals surface area (Å²) in [6, 6.07) is 8.30. The van der Waals surface area contributed by atoms with Crippen molar-refractivity contribution in [2.75, 3.05) is 39.9 Å². The van der Waals surface area contributed by atoms with Crippen LogP contribution < -0.4 is 14.8 Å². The van der Waals surface area contributed by atoms with E-state index >= 15 is 0 Å². The first kappa shape index (κ1) is 21.5. The largest absolute Gasteiger partial charge is 0.487 e. The zero-order valence-electron chi connectivity index (χ0n) is 17.3. The van der Waals surface area contributed by atoms with Crippen molar-refractivity contribution in [3.63, 3.8) is 0 Å². The second-order valence-corrected chi connectivity index (χ2v) is 7.84. The van der Waals surface area contributed by atoms with E-state index in [1.807, 2.05) is 29.2 Å². The molecule has 0 aromatic heterocycles. The van der Waals surface area contributed by atoms with Gasteiger partial charge in [0.1, 0.15) is 19.3 Å². The molecule has 1 aromatic rings. The first-order valence-corrected chi connectivity index (χ1v) is 10.5. The molecule has 1 heterocycles. The van der Waals surface area contributed by atoms with Crippen LogP contribution in [0.2, 0.25) is 0 Å². The minimum atomic E-state index is -0.588. The number of carbonyl (C=O) groups is 1. The molecule has 1 saturated heterocycles. The number of nitrogens with one attached hydrogen (secondary N) is 1. The number of nitrogens with zero attached hydrogens (tertiary/aromatic N) is 2. The Morgan fingerprint density at radius 1 is 1.28 bits per heavy atom. The molecule has 1 aromatic carbocycles. The molecule has 1 unspecified atom stereocenters. The van der Waals surface area contributed by atoms with Crippen LogP contribution in [0, 0.1) is 0 Å². The lowest BCUT2D eigenvalue weighted by Crippen LogP contribution is -2.46. The fraction of sp³-hybridized carbons (Fsp3) is 0.591. The van der Waals surface area contributed by atoms with Crippen LogP contribution in [0.5, 0.6) is 11.5 Å². The molecule has 1 saturated carbocycles. The number of benzene rings is 1. The SMILES string of the molecule is C=CCOc1ccccc1OCC(O)CN(C)C1CCC(N2CCNC2=O)CC1. The number of hydrogen-bond acceptors (Lipinski definition) is 5. The third-order valence-corrected chi connectivity index (χ3v) is 5.76. The maximum Gasteiger partial charge on any atom is 0.317 e. The zero-order chi connectivity index (χ0) is 20.6. The van der Waals surface area contributed by atoms with Gasteiger partial charge in [-0.2, -0.15) is 0 Å². The predicted molar refractivity (Wildman–Crippen MR) is 112 cm³/mol. The second kappa shape index (κ2) is 10.5. The quantitative estimate of drug-likeness (QED) is 0.586. The molecule has 0 spiro atoms. The van der Waals surface area contributed by atoms with Crippen LogP contribution in [0.3, 0.4) is 0 Å². The molecule has 160 valence electrons. The molecule has 29 heavy (non-hydrogen) atoms. The maximum absolute atomic E-state index is 11.8. The van der Waals surface area contributed by atoms with Crippen molar-refractivity contribution in [3.8, 4) is 11.5 Å². The summed E-state index contributed by atoms with van der Waals surface area (Å²) in [6.45, 7) is 6.40. The Morgan fingerprint density at radius 2 is 1.97 bits per heavy atom. The molecule has 2 amide bonds. The molecule has 2 fully saturated rings. The van der Waals surface area contributed by atoms with Gasteiger partial charge >= 0.3 is 6.03 Å². The number of rotatable bonds is 10. The first-order valence-electron chi connectivity index (χ1n) is 10.5. The molecule has 0 bridgehead atoms. The summed E-state index contributed by atoms with van der Waals surface area (Å²) < 4.78 is 11.4. The van der Waals surface area contributed by atoms with Gasteiger partial charge in [-0.1, -0.05) is 24.8 Å². The number of urea groups is 1. The van der Waals surface area contributed by atoms with Crippen molar-refractivity contribution in [3.05, 3.63) is 36.9 Å². The van der Waals surface area contributed by atoms with Crippen molar-refractivity contribution in [1.82, 2.24) is 15.1 Å². The van der Waals surface area contributed by atoms with Crippen molar-refractivity contribution in [2.24, 2.45) is 0 Å². The number of carbonyl (C=O) groups excluding carboxylic acids is 1. The lowest BCUT2D eigenvalue weighted by atomic mass is 9.89. The maximum atomic E-state index is 11.8. The van der Waals surface area contributed by atoms with E-state index in [1.165, 1.54) is 0 Å². The smallest absolute Gasteiger partial charge is 0.317 e. The average molecular weight is 404 g/mol. The van der Waals surface area contributed by atoms with Gasteiger partial charge in [-0.05, 0) is 44.9 Å². The minimum Gasteiger partial charge on any atom is -0.487 e. The van der Waals surface area contributed by atoms with Gasteiger partial charge in [-0.25, -0.2) is 4.79 Å². The third kappa shape index (κ3) is 5.87. The monoisotopic (exact) mass is 403 g/mol. The van der Waals surface area contributed by atoms with Crippen LogP contribution in [-0.2, 0) is 0 Å². The van der Waals surface area contributed by atoms with Gasteiger partial charge in [-0.15, -0.1) is 0 Å². The molecule has 1 aliphatic carbocycles. The van der Waals surface area contributed by atoms with E-state index in [1.54, 1.807) is 6.08 Å². The molecule has 2 N–H and O–H groups in total. The summed E-state index contributed by atoms with van der Waals surface area (Å²) in [5.74, 6) is 1.28. The average Bonchev–Trinajstić information content (AvgIpc) is 3.17. The van der Waals surface area contributed by atoms with Gasteiger partial charge in [0, 0.05) is 31.7 Å². The summed E-state index contributed by atoms with van der Waals surface area (Å²) in [7, 11) is 2.05. The van der Waals surface area contributed by atoms with E-state index in [0.29, 0.717) is 36.7 Å². The van der Waals surface area contributed by atoms with Crippen molar-refractivity contribution < 1.29 is 19.4 Å². The van der Waals surface area contributed by atoms with Crippen LogP contribution in [0.15, 0.2) is 36.9 Å². The number of aliphatic hydroxyl groups excluding tert-OH is 1. The highest BCUT2D eigenvalue weighted by Gasteiger charge is 2.32. The number of para-hydroxylation sites is 2. The molecular formula is C22H33N3O4.